The quantitative estimate of drug-likeness (QED) is 0.753. The zero-order chi connectivity index (χ0) is 18.6. The van der Waals surface area contributed by atoms with Crippen LogP contribution in [0.15, 0.2) is 36.9 Å². The first-order chi connectivity index (χ1) is 13.0. The number of aromatic nitrogens is 4. The first-order valence-corrected chi connectivity index (χ1v) is 9.34. The second-order valence-electron chi connectivity index (χ2n) is 7.63. The van der Waals surface area contributed by atoms with Crippen molar-refractivity contribution < 1.29 is 4.79 Å². The fourth-order valence-electron chi connectivity index (χ4n) is 4.36. The van der Waals surface area contributed by atoms with E-state index in [1.54, 1.807) is 18.5 Å². The molecule has 1 saturated heterocycles. The number of amides is 1. The van der Waals surface area contributed by atoms with Gasteiger partial charge in [0.2, 0.25) is 0 Å². The standard InChI is InChI=1S/C19H19ClN6O/c1-25(17-14-4-5-21-16(14)23-11-24-17)13-6-19(7-13)9-26(10-19)18(27)15-3-2-12(20)8-22-15/h2-5,8,11,13H,6-7,9-10H2,1H3,(H,21,23,24). The molecule has 1 aliphatic carbocycles. The molecule has 0 bridgehead atoms. The molecule has 27 heavy (non-hydrogen) atoms. The summed E-state index contributed by atoms with van der Waals surface area (Å²) in [7, 11) is 2.09. The molecule has 2 fully saturated rings. The maximum atomic E-state index is 12.5. The van der Waals surface area contributed by atoms with Crippen molar-refractivity contribution in [3.63, 3.8) is 0 Å². The van der Waals surface area contributed by atoms with E-state index in [0.29, 0.717) is 16.8 Å². The van der Waals surface area contributed by atoms with Gasteiger partial charge in [0.1, 0.15) is 23.5 Å². The molecule has 0 radical (unpaired) electrons. The van der Waals surface area contributed by atoms with E-state index in [0.717, 1.165) is 42.8 Å². The molecule has 3 aromatic rings. The number of carbonyl (C=O) groups is 1. The first-order valence-electron chi connectivity index (χ1n) is 8.96. The van der Waals surface area contributed by atoms with Gasteiger partial charge < -0.3 is 14.8 Å². The zero-order valence-corrected chi connectivity index (χ0v) is 15.6. The van der Waals surface area contributed by atoms with Crippen LogP contribution < -0.4 is 4.90 Å². The number of carbonyl (C=O) groups excluding carboxylic acids is 1. The number of rotatable bonds is 3. The molecule has 2 aliphatic rings. The molecule has 1 saturated carbocycles. The van der Waals surface area contributed by atoms with Crippen LogP contribution in [-0.4, -0.2) is 56.9 Å². The largest absolute Gasteiger partial charge is 0.356 e. The molecule has 1 spiro atoms. The van der Waals surface area contributed by atoms with Crippen LogP contribution in [0.3, 0.4) is 0 Å². The van der Waals surface area contributed by atoms with E-state index in [1.165, 1.54) is 6.20 Å². The Morgan fingerprint density at radius 1 is 1.26 bits per heavy atom. The molecule has 8 heteroatoms. The Kier molecular flexibility index (Phi) is 3.62. The molecule has 7 nitrogen and oxygen atoms in total. The van der Waals surface area contributed by atoms with E-state index < -0.39 is 0 Å². The van der Waals surface area contributed by atoms with Gasteiger partial charge in [-0.2, -0.15) is 0 Å². The highest BCUT2D eigenvalue weighted by atomic mass is 35.5. The van der Waals surface area contributed by atoms with Crippen LogP contribution in [-0.2, 0) is 0 Å². The number of nitrogens with one attached hydrogen (secondary N) is 1. The van der Waals surface area contributed by atoms with Crippen molar-refractivity contribution >= 4 is 34.4 Å². The monoisotopic (exact) mass is 382 g/mol. The highest BCUT2D eigenvalue weighted by molar-refractivity contribution is 6.30. The number of fused-ring (bicyclic) bond motifs is 1. The summed E-state index contributed by atoms with van der Waals surface area (Å²) in [6.45, 7) is 1.59. The molecule has 138 valence electrons. The fourth-order valence-corrected chi connectivity index (χ4v) is 4.47. The van der Waals surface area contributed by atoms with Crippen LogP contribution in [0.1, 0.15) is 23.3 Å². The lowest BCUT2D eigenvalue weighted by molar-refractivity contribution is -0.0543. The lowest BCUT2D eigenvalue weighted by Crippen LogP contribution is -2.67. The second-order valence-corrected chi connectivity index (χ2v) is 8.07. The summed E-state index contributed by atoms with van der Waals surface area (Å²) in [5.74, 6) is 0.942. The van der Waals surface area contributed by atoms with Gasteiger partial charge in [-0.3, -0.25) is 4.79 Å². The number of likely N-dealkylation sites (tertiary alicyclic amines) is 1. The van der Waals surface area contributed by atoms with Gasteiger partial charge in [0.25, 0.3) is 5.91 Å². The van der Waals surface area contributed by atoms with Gasteiger partial charge >= 0.3 is 0 Å². The molecule has 1 amide bonds. The topological polar surface area (TPSA) is 78.0 Å². The Bertz CT molecular complexity index is 1000. The number of aromatic amines is 1. The third kappa shape index (κ3) is 2.65. The summed E-state index contributed by atoms with van der Waals surface area (Å²) in [6.07, 6.45) is 7.14. The fraction of sp³-hybridized carbons (Fsp3) is 0.368. The molecule has 3 aromatic heterocycles. The minimum Gasteiger partial charge on any atom is -0.356 e. The maximum absolute atomic E-state index is 12.5. The van der Waals surface area contributed by atoms with Crippen molar-refractivity contribution in [3.05, 3.63) is 47.6 Å². The predicted octanol–water partition coefficient (Wildman–Crippen LogP) is 2.75. The molecule has 5 rings (SSSR count). The molecule has 1 aliphatic heterocycles. The van der Waals surface area contributed by atoms with Crippen LogP contribution in [0, 0.1) is 5.41 Å². The summed E-state index contributed by atoms with van der Waals surface area (Å²) in [5.41, 5.74) is 1.56. The highest BCUT2D eigenvalue weighted by Gasteiger charge is 2.55. The Morgan fingerprint density at radius 2 is 2.07 bits per heavy atom. The molecular formula is C19H19ClN6O. The predicted molar refractivity (Wildman–Crippen MR) is 103 cm³/mol. The second kappa shape index (κ2) is 5.92. The third-order valence-corrected chi connectivity index (χ3v) is 6.06. The van der Waals surface area contributed by atoms with Crippen molar-refractivity contribution in [1.29, 1.82) is 0 Å². The molecule has 4 heterocycles. The van der Waals surface area contributed by atoms with Crippen LogP contribution in [0.5, 0.6) is 0 Å². The van der Waals surface area contributed by atoms with Gasteiger partial charge in [-0.05, 0) is 31.0 Å². The number of hydrogen-bond acceptors (Lipinski definition) is 5. The maximum Gasteiger partial charge on any atom is 0.272 e. The minimum atomic E-state index is -0.0149. The van der Waals surface area contributed by atoms with Gasteiger partial charge in [-0.25, -0.2) is 15.0 Å². The number of H-pyrrole nitrogens is 1. The average molecular weight is 383 g/mol. The van der Waals surface area contributed by atoms with E-state index >= 15 is 0 Å². The van der Waals surface area contributed by atoms with Gasteiger partial charge in [0.15, 0.2) is 0 Å². The van der Waals surface area contributed by atoms with Crippen LogP contribution >= 0.6 is 11.6 Å². The van der Waals surface area contributed by atoms with Crippen molar-refractivity contribution in [3.8, 4) is 0 Å². The number of anilines is 1. The number of pyridine rings is 1. The van der Waals surface area contributed by atoms with Gasteiger partial charge in [0.05, 0.1) is 10.4 Å². The van der Waals surface area contributed by atoms with E-state index in [-0.39, 0.29) is 11.3 Å². The Hall–Kier alpha value is -2.67. The number of hydrogen-bond donors (Lipinski definition) is 1. The van der Waals surface area contributed by atoms with E-state index in [4.69, 9.17) is 11.6 Å². The SMILES string of the molecule is CN(c1ncnc2[nH]ccc12)C1CC2(C1)CN(C(=O)c1ccc(Cl)cn1)C2. The molecular weight excluding hydrogens is 364 g/mol. The van der Waals surface area contributed by atoms with Crippen LogP contribution in [0.25, 0.3) is 11.0 Å². The van der Waals surface area contributed by atoms with Crippen molar-refractivity contribution in [2.45, 2.75) is 18.9 Å². The van der Waals surface area contributed by atoms with Gasteiger partial charge in [0, 0.05) is 44.0 Å². The van der Waals surface area contributed by atoms with E-state index in [1.807, 2.05) is 17.2 Å². The van der Waals surface area contributed by atoms with Crippen molar-refractivity contribution in [1.82, 2.24) is 24.8 Å². The Labute approximate surface area is 161 Å². The van der Waals surface area contributed by atoms with E-state index in [9.17, 15) is 4.79 Å². The van der Waals surface area contributed by atoms with Crippen molar-refractivity contribution in [2.75, 3.05) is 25.0 Å². The van der Waals surface area contributed by atoms with Crippen molar-refractivity contribution in [2.24, 2.45) is 5.41 Å². The van der Waals surface area contributed by atoms with Gasteiger partial charge in [-0.1, -0.05) is 11.6 Å². The van der Waals surface area contributed by atoms with Crippen LogP contribution in [0.2, 0.25) is 5.02 Å². The minimum absolute atomic E-state index is 0.0149. The lowest BCUT2D eigenvalue weighted by Gasteiger charge is -2.60. The third-order valence-electron chi connectivity index (χ3n) is 5.84. The average Bonchev–Trinajstić information content (AvgIpc) is 3.08. The molecule has 0 aromatic carbocycles. The smallest absolute Gasteiger partial charge is 0.272 e. The molecule has 0 atom stereocenters. The zero-order valence-electron chi connectivity index (χ0n) is 14.9. The summed E-state index contributed by atoms with van der Waals surface area (Å²) < 4.78 is 0. The summed E-state index contributed by atoms with van der Waals surface area (Å²) in [6, 6.07) is 5.83. The summed E-state index contributed by atoms with van der Waals surface area (Å²) in [4.78, 5) is 32.6. The first kappa shape index (κ1) is 16.5. The van der Waals surface area contributed by atoms with E-state index in [2.05, 4.69) is 31.9 Å². The van der Waals surface area contributed by atoms with Crippen LogP contribution in [0.4, 0.5) is 5.82 Å². The Morgan fingerprint density at radius 3 is 2.81 bits per heavy atom. The number of halogens is 1. The molecule has 0 unspecified atom stereocenters. The van der Waals surface area contributed by atoms with Gasteiger partial charge in [-0.15, -0.1) is 0 Å². The highest BCUT2D eigenvalue weighted by Crippen LogP contribution is 2.51. The number of nitrogens with zero attached hydrogens (tertiary/aromatic N) is 5. The normalized spacial score (nSPS) is 18.4. The Balaban J connectivity index is 1.22. The molecule has 1 N–H and O–H groups in total. The lowest BCUT2D eigenvalue weighted by atomic mass is 9.60. The summed E-state index contributed by atoms with van der Waals surface area (Å²) >= 11 is 5.84. The summed E-state index contributed by atoms with van der Waals surface area (Å²) in [5, 5.41) is 1.58.